The fourth-order valence-corrected chi connectivity index (χ4v) is 2.31. The van der Waals surface area contributed by atoms with Crippen molar-refractivity contribution in [2.45, 2.75) is 31.4 Å². The molecule has 3 N–H and O–H groups in total. The monoisotopic (exact) mass is 240 g/mol. The van der Waals surface area contributed by atoms with Gasteiger partial charge >= 0.3 is 6.03 Å². The topological polar surface area (TPSA) is 61.4 Å². The Morgan fingerprint density at radius 1 is 1.50 bits per heavy atom. The Bertz CT molecular complexity index is 347. The van der Waals surface area contributed by atoms with Crippen molar-refractivity contribution in [1.29, 1.82) is 0 Å². The highest BCUT2D eigenvalue weighted by molar-refractivity contribution is 7.07. The summed E-state index contributed by atoms with van der Waals surface area (Å²) in [6.45, 7) is 0.885. The maximum Gasteiger partial charge on any atom is 0.315 e. The number of carbonyl (C=O) groups is 1. The summed E-state index contributed by atoms with van der Waals surface area (Å²) < 4.78 is 0. The highest BCUT2D eigenvalue weighted by Gasteiger charge is 2.34. The van der Waals surface area contributed by atoms with Gasteiger partial charge in [0.15, 0.2) is 0 Å². The van der Waals surface area contributed by atoms with E-state index >= 15 is 0 Å². The average molecular weight is 240 g/mol. The van der Waals surface area contributed by atoms with E-state index in [1.807, 2.05) is 16.8 Å². The smallest absolute Gasteiger partial charge is 0.315 e. The Kier molecular flexibility index (Phi) is 3.46. The van der Waals surface area contributed by atoms with E-state index in [2.05, 4.69) is 10.6 Å². The van der Waals surface area contributed by atoms with Gasteiger partial charge in [0, 0.05) is 13.1 Å². The summed E-state index contributed by atoms with van der Waals surface area (Å²) in [7, 11) is 0. The lowest BCUT2D eigenvalue weighted by Crippen LogP contribution is -2.49. The molecular weight excluding hydrogens is 224 g/mol. The van der Waals surface area contributed by atoms with E-state index < -0.39 is 5.60 Å². The number of urea groups is 1. The molecule has 0 radical (unpaired) electrons. The molecule has 1 saturated carbocycles. The molecule has 0 atom stereocenters. The average Bonchev–Trinajstić information content (AvgIpc) is 2.73. The molecule has 0 aromatic carbocycles. The van der Waals surface area contributed by atoms with Crippen molar-refractivity contribution in [1.82, 2.24) is 10.6 Å². The van der Waals surface area contributed by atoms with Crippen LogP contribution in [0.25, 0.3) is 0 Å². The van der Waals surface area contributed by atoms with E-state index in [0.717, 1.165) is 24.8 Å². The van der Waals surface area contributed by atoms with Crippen molar-refractivity contribution in [2.75, 3.05) is 6.54 Å². The van der Waals surface area contributed by atoms with Gasteiger partial charge in [-0.1, -0.05) is 0 Å². The lowest BCUT2D eigenvalue weighted by atomic mass is 9.80. The minimum absolute atomic E-state index is 0.216. The van der Waals surface area contributed by atoms with Gasteiger partial charge in [0.2, 0.25) is 0 Å². The molecule has 88 valence electrons. The van der Waals surface area contributed by atoms with Crippen LogP contribution in [0.4, 0.5) is 4.79 Å². The fraction of sp³-hybridized carbons (Fsp3) is 0.545. The first-order chi connectivity index (χ1) is 7.68. The lowest BCUT2D eigenvalue weighted by molar-refractivity contribution is -0.0290. The minimum atomic E-state index is -0.653. The largest absolute Gasteiger partial charge is 0.388 e. The zero-order valence-electron chi connectivity index (χ0n) is 9.03. The summed E-state index contributed by atoms with van der Waals surface area (Å²) in [5, 5.41) is 19.2. The van der Waals surface area contributed by atoms with Crippen LogP contribution in [-0.4, -0.2) is 23.3 Å². The van der Waals surface area contributed by atoms with Gasteiger partial charge in [-0.2, -0.15) is 11.3 Å². The van der Waals surface area contributed by atoms with E-state index in [-0.39, 0.29) is 6.03 Å². The number of rotatable bonds is 4. The zero-order valence-corrected chi connectivity index (χ0v) is 9.85. The Labute approximate surface area is 98.7 Å². The maximum absolute atomic E-state index is 11.4. The number of hydrogen-bond donors (Lipinski definition) is 3. The molecule has 5 heteroatoms. The summed E-state index contributed by atoms with van der Waals surface area (Å²) in [6, 6.07) is 1.76. The molecule has 2 amide bonds. The number of carbonyl (C=O) groups excluding carboxylic acids is 1. The predicted molar refractivity (Wildman–Crippen MR) is 63.4 cm³/mol. The van der Waals surface area contributed by atoms with Crippen LogP contribution in [0, 0.1) is 0 Å². The number of aliphatic hydroxyl groups is 1. The van der Waals surface area contributed by atoms with Crippen molar-refractivity contribution in [3.8, 4) is 0 Å². The van der Waals surface area contributed by atoms with Crippen LogP contribution in [0.3, 0.4) is 0 Å². The van der Waals surface area contributed by atoms with Crippen molar-refractivity contribution in [3.05, 3.63) is 22.4 Å². The van der Waals surface area contributed by atoms with Crippen LogP contribution in [0.2, 0.25) is 0 Å². The van der Waals surface area contributed by atoms with Crippen LogP contribution in [0.5, 0.6) is 0 Å². The molecule has 1 heterocycles. The SMILES string of the molecule is O=C(NCc1ccsc1)NCC1(O)CCC1. The van der Waals surface area contributed by atoms with Gasteiger partial charge in [-0.15, -0.1) is 0 Å². The van der Waals surface area contributed by atoms with Crippen LogP contribution in [0.15, 0.2) is 16.8 Å². The van der Waals surface area contributed by atoms with E-state index in [4.69, 9.17) is 0 Å². The Hall–Kier alpha value is -1.07. The first-order valence-electron chi connectivity index (χ1n) is 5.43. The first kappa shape index (κ1) is 11.4. The Morgan fingerprint density at radius 2 is 2.31 bits per heavy atom. The molecule has 1 aliphatic carbocycles. The van der Waals surface area contributed by atoms with Gasteiger partial charge in [0.25, 0.3) is 0 Å². The second-order valence-electron chi connectivity index (χ2n) is 4.25. The normalized spacial score (nSPS) is 17.6. The number of thiophene rings is 1. The zero-order chi connectivity index (χ0) is 11.4. The first-order valence-corrected chi connectivity index (χ1v) is 6.37. The quantitative estimate of drug-likeness (QED) is 0.746. The van der Waals surface area contributed by atoms with Crippen LogP contribution in [-0.2, 0) is 6.54 Å². The van der Waals surface area contributed by atoms with Crippen molar-refractivity contribution in [3.63, 3.8) is 0 Å². The third-order valence-corrected chi connectivity index (χ3v) is 3.63. The van der Waals surface area contributed by atoms with Crippen molar-refractivity contribution >= 4 is 17.4 Å². The summed E-state index contributed by atoms with van der Waals surface area (Å²) in [6.07, 6.45) is 2.63. The highest BCUT2D eigenvalue weighted by Crippen LogP contribution is 2.30. The summed E-state index contributed by atoms with van der Waals surface area (Å²) in [5.74, 6) is 0. The molecule has 1 aromatic rings. The molecule has 0 aliphatic heterocycles. The van der Waals surface area contributed by atoms with E-state index in [0.29, 0.717) is 13.1 Å². The molecule has 16 heavy (non-hydrogen) atoms. The van der Waals surface area contributed by atoms with Gasteiger partial charge in [-0.05, 0) is 41.7 Å². The van der Waals surface area contributed by atoms with Crippen LogP contribution >= 0.6 is 11.3 Å². The summed E-state index contributed by atoms with van der Waals surface area (Å²) >= 11 is 1.61. The maximum atomic E-state index is 11.4. The molecule has 0 spiro atoms. The van der Waals surface area contributed by atoms with Crippen LogP contribution < -0.4 is 10.6 Å². The van der Waals surface area contributed by atoms with Gasteiger partial charge in [-0.25, -0.2) is 4.79 Å². The molecule has 0 saturated heterocycles. The second-order valence-corrected chi connectivity index (χ2v) is 5.03. The molecule has 2 rings (SSSR count). The number of amides is 2. The molecule has 1 aliphatic rings. The number of nitrogens with one attached hydrogen (secondary N) is 2. The van der Waals surface area contributed by atoms with Gasteiger partial charge in [-0.3, -0.25) is 0 Å². The fourth-order valence-electron chi connectivity index (χ4n) is 1.64. The second kappa shape index (κ2) is 4.84. The van der Waals surface area contributed by atoms with Crippen molar-refractivity contribution < 1.29 is 9.90 Å². The van der Waals surface area contributed by atoms with Gasteiger partial charge < -0.3 is 15.7 Å². The third kappa shape index (κ3) is 2.96. The Morgan fingerprint density at radius 3 is 2.88 bits per heavy atom. The standard InChI is InChI=1S/C11H16N2O2S/c14-10(12-6-9-2-5-16-7-9)13-8-11(15)3-1-4-11/h2,5,7,15H,1,3-4,6,8H2,(H2,12,13,14). The molecule has 1 fully saturated rings. The highest BCUT2D eigenvalue weighted by atomic mass is 32.1. The van der Waals surface area contributed by atoms with Crippen LogP contribution in [0.1, 0.15) is 24.8 Å². The summed E-state index contributed by atoms with van der Waals surface area (Å²) in [5.41, 5.74) is 0.446. The molecule has 0 bridgehead atoms. The lowest BCUT2D eigenvalue weighted by Gasteiger charge is -2.36. The molecule has 1 aromatic heterocycles. The van der Waals surface area contributed by atoms with E-state index in [1.54, 1.807) is 11.3 Å². The van der Waals surface area contributed by atoms with E-state index in [1.165, 1.54) is 0 Å². The van der Waals surface area contributed by atoms with Gasteiger partial charge in [0.1, 0.15) is 0 Å². The van der Waals surface area contributed by atoms with E-state index in [9.17, 15) is 9.90 Å². The molecule has 4 nitrogen and oxygen atoms in total. The Balaban J connectivity index is 1.65. The number of hydrogen-bond acceptors (Lipinski definition) is 3. The van der Waals surface area contributed by atoms with Crippen molar-refractivity contribution in [2.24, 2.45) is 0 Å². The molecule has 0 unspecified atom stereocenters. The third-order valence-electron chi connectivity index (χ3n) is 2.90. The molecular formula is C11H16N2O2S. The predicted octanol–water partition coefficient (Wildman–Crippen LogP) is 1.46. The summed E-state index contributed by atoms with van der Waals surface area (Å²) in [4.78, 5) is 11.4. The minimum Gasteiger partial charge on any atom is -0.388 e. The van der Waals surface area contributed by atoms with Gasteiger partial charge in [0.05, 0.1) is 5.60 Å².